The molecular formula is C25H23ClN2O4. The number of benzene rings is 2. The van der Waals surface area contributed by atoms with Crippen LogP contribution < -0.4 is 10.6 Å². The fourth-order valence-electron chi connectivity index (χ4n) is 3.43. The minimum absolute atomic E-state index is 0.0135. The van der Waals surface area contributed by atoms with Crippen molar-refractivity contribution in [3.05, 3.63) is 88.8 Å². The number of furan rings is 1. The quantitative estimate of drug-likeness (QED) is 0.513. The fraction of sp³-hybridized carbons (Fsp3) is 0.200. The van der Waals surface area contributed by atoms with Crippen molar-refractivity contribution in [2.24, 2.45) is 0 Å². The number of halogens is 1. The Kier molecular flexibility index (Phi) is 7.04. The lowest BCUT2D eigenvalue weighted by atomic mass is 10.2. The van der Waals surface area contributed by atoms with Crippen molar-refractivity contribution < 1.29 is 18.7 Å². The Bertz CT molecular complexity index is 1120. The zero-order valence-corrected chi connectivity index (χ0v) is 18.1. The Hall–Kier alpha value is -3.35. The summed E-state index contributed by atoms with van der Waals surface area (Å²) < 4.78 is 11.4. The van der Waals surface area contributed by atoms with Crippen molar-refractivity contribution in [2.45, 2.75) is 18.9 Å². The van der Waals surface area contributed by atoms with E-state index in [4.69, 9.17) is 20.8 Å². The van der Waals surface area contributed by atoms with Gasteiger partial charge in [-0.25, -0.2) is 0 Å². The summed E-state index contributed by atoms with van der Waals surface area (Å²) in [4.78, 5) is 25.6. The van der Waals surface area contributed by atoms with Crippen LogP contribution in [0.15, 0.2) is 76.8 Å². The average molecular weight is 451 g/mol. The van der Waals surface area contributed by atoms with E-state index in [1.54, 1.807) is 42.5 Å². The van der Waals surface area contributed by atoms with Gasteiger partial charge in [-0.1, -0.05) is 41.9 Å². The number of amides is 2. The van der Waals surface area contributed by atoms with Crippen molar-refractivity contribution in [1.29, 1.82) is 0 Å². The third kappa shape index (κ3) is 5.46. The van der Waals surface area contributed by atoms with Gasteiger partial charge in [-0.05, 0) is 49.2 Å². The Labute approximate surface area is 191 Å². The van der Waals surface area contributed by atoms with Crippen LogP contribution in [0.2, 0.25) is 5.02 Å². The molecule has 2 N–H and O–H groups in total. The first-order valence-corrected chi connectivity index (χ1v) is 10.8. The van der Waals surface area contributed by atoms with E-state index in [0.29, 0.717) is 35.3 Å². The molecule has 1 saturated heterocycles. The minimum atomic E-state index is -0.416. The van der Waals surface area contributed by atoms with Gasteiger partial charge in [-0.15, -0.1) is 0 Å². The number of ether oxygens (including phenoxy) is 1. The maximum Gasteiger partial charge on any atom is 0.268 e. The van der Waals surface area contributed by atoms with Gasteiger partial charge in [-0.3, -0.25) is 9.59 Å². The molecule has 0 spiro atoms. The van der Waals surface area contributed by atoms with Gasteiger partial charge in [0.2, 0.25) is 0 Å². The zero-order chi connectivity index (χ0) is 22.3. The van der Waals surface area contributed by atoms with Gasteiger partial charge in [0.1, 0.15) is 17.2 Å². The van der Waals surface area contributed by atoms with E-state index in [1.807, 2.05) is 24.3 Å². The largest absolute Gasteiger partial charge is 0.457 e. The van der Waals surface area contributed by atoms with Gasteiger partial charge < -0.3 is 19.8 Å². The Morgan fingerprint density at radius 2 is 1.81 bits per heavy atom. The van der Waals surface area contributed by atoms with Crippen molar-refractivity contribution in [2.75, 3.05) is 13.2 Å². The molecule has 1 fully saturated rings. The van der Waals surface area contributed by atoms with Crippen molar-refractivity contribution in [1.82, 2.24) is 10.6 Å². The molecule has 2 heterocycles. The Morgan fingerprint density at radius 1 is 1.03 bits per heavy atom. The van der Waals surface area contributed by atoms with E-state index >= 15 is 0 Å². The van der Waals surface area contributed by atoms with E-state index in [0.717, 1.165) is 18.4 Å². The number of carbonyl (C=O) groups is 2. The van der Waals surface area contributed by atoms with E-state index in [9.17, 15) is 9.59 Å². The van der Waals surface area contributed by atoms with E-state index in [2.05, 4.69) is 10.6 Å². The highest BCUT2D eigenvalue weighted by atomic mass is 35.5. The molecule has 2 amide bonds. The highest BCUT2D eigenvalue weighted by Crippen LogP contribution is 2.29. The molecule has 1 aliphatic rings. The van der Waals surface area contributed by atoms with Crippen LogP contribution in [0, 0.1) is 0 Å². The molecule has 0 bridgehead atoms. The summed E-state index contributed by atoms with van der Waals surface area (Å²) in [6.07, 6.45) is 3.37. The van der Waals surface area contributed by atoms with Gasteiger partial charge in [0.05, 0.1) is 11.1 Å². The highest BCUT2D eigenvalue weighted by molar-refractivity contribution is 6.33. The average Bonchev–Trinajstić information content (AvgIpc) is 3.50. The van der Waals surface area contributed by atoms with Crippen LogP contribution in [0.4, 0.5) is 0 Å². The van der Waals surface area contributed by atoms with Crippen molar-refractivity contribution in [3.8, 4) is 11.3 Å². The normalized spacial score (nSPS) is 16.0. The minimum Gasteiger partial charge on any atom is -0.457 e. The molecule has 1 unspecified atom stereocenters. The molecule has 1 aliphatic heterocycles. The van der Waals surface area contributed by atoms with E-state index < -0.39 is 5.91 Å². The lowest BCUT2D eigenvalue weighted by molar-refractivity contribution is -0.118. The summed E-state index contributed by atoms with van der Waals surface area (Å²) in [6, 6.07) is 19.5. The summed E-state index contributed by atoms with van der Waals surface area (Å²) in [5, 5.41) is 6.10. The predicted octanol–water partition coefficient (Wildman–Crippen LogP) is 4.67. The summed E-state index contributed by atoms with van der Waals surface area (Å²) in [5.41, 5.74) is 1.27. The molecule has 3 aromatic rings. The van der Waals surface area contributed by atoms with Gasteiger partial charge in [0.15, 0.2) is 0 Å². The molecule has 0 saturated carbocycles. The van der Waals surface area contributed by atoms with Crippen LogP contribution in [0.5, 0.6) is 0 Å². The molecule has 7 heteroatoms. The molecule has 2 aromatic carbocycles. The molecule has 32 heavy (non-hydrogen) atoms. The van der Waals surface area contributed by atoms with E-state index in [1.165, 1.54) is 6.08 Å². The van der Waals surface area contributed by atoms with Crippen LogP contribution in [0.1, 0.15) is 29.0 Å². The molecule has 4 rings (SSSR count). The first-order chi connectivity index (χ1) is 15.6. The van der Waals surface area contributed by atoms with Gasteiger partial charge in [-0.2, -0.15) is 0 Å². The van der Waals surface area contributed by atoms with Crippen LogP contribution in [-0.4, -0.2) is 31.1 Å². The number of nitrogens with one attached hydrogen (secondary N) is 2. The van der Waals surface area contributed by atoms with Crippen molar-refractivity contribution >= 4 is 29.5 Å². The SMILES string of the molecule is O=C(NCC1CCCO1)/C(=C/c1ccc(-c2ccccc2Cl)o1)NC(=O)c1ccccc1. The number of hydrogen-bond acceptors (Lipinski definition) is 4. The molecular weight excluding hydrogens is 428 g/mol. The second-order valence-corrected chi connectivity index (χ2v) is 7.81. The summed E-state index contributed by atoms with van der Waals surface area (Å²) in [7, 11) is 0. The van der Waals surface area contributed by atoms with Gasteiger partial charge in [0, 0.05) is 30.4 Å². The van der Waals surface area contributed by atoms with Gasteiger partial charge >= 0.3 is 0 Å². The zero-order valence-electron chi connectivity index (χ0n) is 17.3. The number of hydrogen-bond donors (Lipinski definition) is 2. The maximum atomic E-state index is 12.9. The van der Waals surface area contributed by atoms with Crippen LogP contribution in [0.3, 0.4) is 0 Å². The monoisotopic (exact) mass is 450 g/mol. The molecule has 0 aliphatic carbocycles. The molecule has 1 aromatic heterocycles. The second kappa shape index (κ2) is 10.3. The summed E-state index contributed by atoms with van der Waals surface area (Å²) in [5.74, 6) is 0.174. The first-order valence-electron chi connectivity index (χ1n) is 10.4. The standard InChI is InChI=1S/C25H23ClN2O4/c26-21-11-5-4-10-20(21)23-13-12-18(32-23)15-22(25(30)27-16-19-9-6-14-31-19)28-24(29)17-7-2-1-3-8-17/h1-5,7-8,10-13,15,19H,6,9,14,16H2,(H,27,30)(H,28,29)/b22-15-. The Balaban J connectivity index is 1.56. The third-order valence-corrected chi connectivity index (χ3v) is 5.43. The number of rotatable bonds is 7. The Morgan fingerprint density at radius 3 is 2.56 bits per heavy atom. The molecule has 0 radical (unpaired) electrons. The second-order valence-electron chi connectivity index (χ2n) is 7.41. The fourth-order valence-corrected chi connectivity index (χ4v) is 3.66. The van der Waals surface area contributed by atoms with Gasteiger partial charge in [0.25, 0.3) is 11.8 Å². The highest BCUT2D eigenvalue weighted by Gasteiger charge is 2.20. The van der Waals surface area contributed by atoms with Crippen LogP contribution in [-0.2, 0) is 9.53 Å². The number of carbonyl (C=O) groups excluding carboxylic acids is 2. The smallest absolute Gasteiger partial charge is 0.268 e. The lowest BCUT2D eigenvalue weighted by Gasteiger charge is -2.13. The lowest BCUT2D eigenvalue weighted by Crippen LogP contribution is -2.38. The van der Waals surface area contributed by atoms with Crippen LogP contribution in [0.25, 0.3) is 17.4 Å². The molecule has 6 nitrogen and oxygen atoms in total. The summed E-state index contributed by atoms with van der Waals surface area (Å²) in [6.45, 7) is 1.08. The predicted molar refractivity (Wildman–Crippen MR) is 123 cm³/mol. The first kappa shape index (κ1) is 21.9. The molecule has 164 valence electrons. The molecule has 1 atom stereocenters. The van der Waals surface area contributed by atoms with E-state index in [-0.39, 0.29) is 17.7 Å². The van der Waals surface area contributed by atoms with Crippen molar-refractivity contribution in [3.63, 3.8) is 0 Å². The summed E-state index contributed by atoms with van der Waals surface area (Å²) >= 11 is 6.26. The topological polar surface area (TPSA) is 80.6 Å². The maximum absolute atomic E-state index is 12.9. The third-order valence-electron chi connectivity index (χ3n) is 5.10. The van der Waals surface area contributed by atoms with Crippen LogP contribution >= 0.6 is 11.6 Å².